The molecule has 0 amide bonds. The topological polar surface area (TPSA) is 102 Å². The van der Waals surface area contributed by atoms with Crippen LogP contribution in [0.5, 0.6) is 0 Å². The van der Waals surface area contributed by atoms with Crippen LogP contribution in [0.3, 0.4) is 0 Å². The van der Waals surface area contributed by atoms with Crippen LogP contribution < -0.4 is 5.73 Å². The van der Waals surface area contributed by atoms with Gasteiger partial charge < -0.3 is 10.8 Å². The number of hydrogen-bond donors (Lipinski definition) is 2. The first kappa shape index (κ1) is 11.9. The SMILES string of the molecule is Cc1nonc1CC(N)C(=O)O.Cl. The van der Waals surface area contributed by atoms with Gasteiger partial charge in [0.05, 0.1) is 0 Å². The number of halogens is 1. The number of aryl methyl sites for hydroxylation is 1. The fourth-order valence-electron chi connectivity index (χ4n) is 0.730. The van der Waals surface area contributed by atoms with Crippen molar-refractivity contribution in [3.8, 4) is 0 Å². The van der Waals surface area contributed by atoms with Crippen molar-refractivity contribution in [1.29, 1.82) is 0 Å². The Morgan fingerprint density at radius 2 is 2.31 bits per heavy atom. The maximum atomic E-state index is 10.3. The molecule has 1 atom stereocenters. The van der Waals surface area contributed by atoms with Gasteiger partial charge in [0.25, 0.3) is 0 Å². The first-order valence-corrected chi connectivity index (χ1v) is 3.37. The fraction of sp³-hybridized carbons (Fsp3) is 0.500. The highest BCUT2D eigenvalue weighted by Crippen LogP contribution is 2.02. The molecule has 13 heavy (non-hydrogen) atoms. The van der Waals surface area contributed by atoms with Gasteiger partial charge in [-0.05, 0) is 6.92 Å². The van der Waals surface area contributed by atoms with Crippen LogP contribution in [-0.2, 0) is 11.2 Å². The van der Waals surface area contributed by atoms with Crippen LogP contribution in [0.4, 0.5) is 0 Å². The van der Waals surface area contributed by atoms with Gasteiger partial charge in [0.2, 0.25) is 0 Å². The average molecular weight is 208 g/mol. The summed E-state index contributed by atoms with van der Waals surface area (Å²) in [5.41, 5.74) is 6.33. The van der Waals surface area contributed by atoms with E-state index in [0.717, 1.165) is 0 Å². The summed E-state index contributed by atoms with van der Waals surface area (Å²) >= 11 is 0. The van der Waals surface area contributed by atoms with Gasteiger partial charge in [-0.2, -0.15) is 0 Å². The molecule has 74 valence electrons. The number of carboxylic acids is 1. The van der Waals surface area contributed by atoms with Gasteiger partial charge in [0, 0.05) is 6.42 Å². The number of nitrogens with zero attached hydrogens (tertiary/aromatic N) is 2. The van der Waals surface area contributed by atoms with Crippen LogP contribution in [-0.4, -0.2) is 27.4 Å². The zero-order chi connectivity index (χ0) is 9.14. The molecule has 0 saturated heterocycles. The number of nitrogens with two attached hydrogens (primary N) is 1. The molecule has 0 fully saturated rings. The van der Waals surface area contributed by atoms with Crippen LogP contribution >= 0.6 is 12.4 Å². The third kappa shape index (κ3) is 3.00. The Morgan fingerprint density at radius 1 is 1.69 bits per heavy atom. The van der Waals surface area contributed by atoms with Crippen LogP contribution in [0, 0.1) is 6.92 Å². The van der Waals surface area contributed by atoms with Gasteiger partial charge in [-0.15, -0.1) is 12.4 Å². The predicted octanol–water partition coefficient (Wildman–Crippen LogP) is -0.246. The first-order chi connectivity index (χ1) is 5.61. The largest absolute Gasteiger partial charge is 0.480 e. The Labute approximate surface area is 80.5 Å². The second-order valence-electron chi connectivity index (χ2n) is 2.45. The Morgan fingerprint density at radius 3 is 2.69 bits per heavy atom. The quantitative estimate of drug-likeness (QED) is 0.709. The molecular formula is C6H10ClN3O3. The molecule has 1 heterocycles. The number of aliphatic carboxylic acids is 1. The molecule has 0 aliphatic rings. The summed E-state index contributed by atoms with van der Waals surface area (Å²) in [5.74, 6) is -1.06. The van der Waals surface area contributed by atoms with Crippen molar-refractivity contribution in [3.05, 3.63) is 11.4 Å². The Balaban J connectivity index is 0.00000144. The van der Waals surface area contributed by atoms with Crippen LogP contribution in [0.25, 0.3) is 0 Å². The molecule has 0 spiro atoms. The van der Waals surface area contributed by atoms with E-state index >= 15 is 0 Å². The summed E-state index contributed by atoms with van der Waals surface area (Å²) in [4.78, 5) is 10.3. The van der Waals surface area contributed by atoms with E-state index in [9.17, 15) is 4.79 Å². The predicted molar refractivity (Wildman–Crippen MR) is 45.6 cm³/mol. The second-order valence-corrected chi connectivity index (χ2v) is 2.45. The van der Waals surface area contributed by atoms with Crippen LogP contribution in [0.2, 0.25) is 0 Å². The molecule has 0 radical (unpaired) electrons. The lowest BCUT2D eigenvalue weighted by molar-refractivity contribution is -0.138. The third-order valence-corrected chi connectivity index (χ3v) is 1.48. The first-order valence-electron chi connectivity index (χ1n) is 3.37. The number of aromatic nitrogens is 2. The molecule has 0 bridgehead atoms. The molecule has 6 nitrogen and oxygen atoms in total. The molecule has 0 aliphatic carbocycles. The normalized spacial score (nSPS) is 11.8. The zero-order valence-corrected chi connectivity index (χ0v) is 7.74. The van der Waals surface area contributed by atoms with Crippen molar-refractivity contribution in [2.45, 2.75) is 19.4 Å². The number of carbonyl (C=O) groups is 1. The lowest BCUT2D eigenvalue weighted by Gasteiger charge is -2.01. The Hall–Kier alpha value is -1.14. The van der Waals surface area contributed by atoms with E-state index in [1.807, 2.05) is 0 Å². The summed E-state index contributed by atoms with van der Waals surface area (Å²) in [6.07, 6.45) is 0.144. The molecule has 3 N–H and O–H groups in total. The van der Waals surface area contributed by atoms with Gasteiger partial charge in [0.15, 0.2) is 0 Å². The van der Waals surface area contributed by atoms with Crippen LogP contribution in [0.1, 0.15) is 11.4 Å². The molecule has 1 unspecified atom stereocenters. The molecule has 0 aliphatic heterocycles. The van der Waals surface area contributed by atoms with E-state index in [0.29, 0.717) is 11.4 Å². The van der Waals surface area contributed by atoms with Crippen molar-refractivity contribution in [2.75, 3.05) is 0 Å². The molecular weight excluding hydrogens is 198 g/mol. The van der Waals surface area contributed by atoms with E-state index in [1.54, 1.807) is 6.92 Å². The highest BCUT2D eigenvalue weighted by molar-refractivity contribution is 5.85. The summed E-state index contributed by atoms with van der Waals surface area (Å²) in [6, 6.07) is -0.949. The zero-order valence-electron chi connectivity index (χ0n) is 6.93. The monoisotopic (exact) mass is 207 g/mol. The highest BCUT2D eigenvalue weighted by atomic mass is 35.5. The smallest absolute Gasteiger partial charge is 0.320 e. The van der Waals surface area contributed by atoms with Crippen molar-refractivity contribution in [2.24, 2.45) is 5.73 Å². The maximum Gasteiger partial charge on any atom is 0.320 e. The summed E-state index contributed by atoms with van der Waals surface area (Å²) in [5, 5.41) is 15.5. The van der Waals surface area contributed by atoms with Gasteiger partial charge in [0.1, 0.15) is 17.4 Å². The molecule has 1 rings (SSSR count). The molecule has 0 aromatic carbocycles. The molecule has 0 saturated carbocycles. The maximum absolute atomic E-state index is 10.3. The van der Waals surface area contributed by atoms with Crippen molar-refractivity contribution in [3.63, 3.8) is 0 Å². The Kier molecular flexibility index (Phi) is 4.36. The van der Waals surface area contributed by atoms with Gasteiger partial charge in [-0.3, -0.25) is 4.79 Å². The number of rotatable bonds is 3. The summed E-state index contributed by atoms with van der Waals surface area (Å²) in [6.45, 7) is 1.68. The van der Waals surface area contributed by atoms with Crippen molar-refractivity contribution >= 4 is 18.4 Å². The van der Waals surface area contributed by atoms with Crippen molar-refractivity contribution < 1.29 is 14.5 Å². The second kappa shape index (κ2) is 4.78. The van der Waals surface area contributed by atoms with Crippen molar-refractivity contribution in [1.82, 2.24) is 10.3 Å². The lowest BCUT2D eigenvalue weighted by Crippen LogP contribution is -2.32. The minimum Gasteiger partial charge on any atom is -0.480 e. The lowest BCUT2D eigenvalue weighted by atomic mass is 10.1. The summed E-state index contributed by atoms with van der Waals surface area (Å²) < 4.78 is 4.38. The Bertz CT molecular complexity index is 288. The van der Waals surface area contributed by atoms with Gasteiger partial charge in [-0.1, -0.05) is 10.3 Å². The van der Waals surface area contributed by atoms with Gasteiger partial charge >= 0.3 is 5.97 Å². The van der Waals surface area contributed by atoms with E-state index in [4.69, 9.17) is 10.8 Å². The number of hydrogen-bond acceptors (Lipinski definition) is 5. The fourth-order valence-corrected chi connectivity index (χ4v) is 0.730. The van der Waals surface area contributed by atoms with E-state index < -0.39 is 12.0 Å². The third-order valence-electron chi connectivity index (χ3n) is 1.48. The number of carboxylic acid groups (broad SMARTS) is 1. The minimum absolute atomic E-state index is 0. The average Bonchev–Trinajstić information content (AvgIpc) is 2.36. The standard InChI is InChI=1S/C6H9N3O3.ClH/c1-3-5(9-12-8-3)2-4(7)6(10)11;/h4H,2,7H2,1H3,(H,10,11);1H. The van der Waals surface area contributed by atoms with E-state index in [1.165, 1.54) is 0 Å². The van der Waals surface area contributed by atoms with E-state index in [2.05, 4.69) is 14.9 Å². The van der Waals surface area contributed by atoms with Crippen LogP contribution in [0.15, 0.2) is 4.63 Å². The van der Waals surface area contributed by atoms with E-state index in [-0.39, 0.29) is 18.8 Å². The molecule has 1 aromatic rings. The van der Waals surface area contributed by atoms with Gasteiger partial charge in [-0.25, -0.2) is 4.63 Å². The highest BCUT2D eigenvalue weighted by Gasteiger charge is 2.16. The molecule has 1 aromatic heterocycles. The summed E-state index contributed by atoms with van der Waals surface area (Å²) in [7, 11) is 0. The molecule has 7 heteroatoms. The minimum atomic E-state index is -1.06.